The SMILES string of the molecule is O=[N+]([O-])C=Cc1cccc(Oc2cc(Cl)cc(Cl)c2)c1. The van der Waals surface area contributed by atoms with Gasteiger partial charge in [0.1, 0.15) is 11.5 Å². The van der Waals surface area contributed by atoms with Crippen LogP contribution in [-0.2, 0) is 0 Å². The summed E-state index contributed by atoms with van der Waals surface area (Å²) in [6.45, 7) is 0. The summed E-state index contributed by atoms with van der Waals surface area (Å²) in [7, 11) is 0. The van der Waals surface area contributed by atoms with Crippen molar-refractivity contribution in [2.75, 3.05) is 0 Å². The van der Waals surface area contributed by atoms with Crippen molar-refractivity contribution in [1.29, 1.82) is 0 Å². The van der Waals surface area contributed by atoms with Crippen molar-refractivity contribution in [3.05, 3.63) is 74.4 Å². The minimum absolute atomic E-state index is 0.469. The van der Waals surface area contributed by atoms with Crippen LogP contribution in [0, 0.1) is 10.1 Å². The van der Waals surface area contributed by atoms with Crippen LogP contribution in [0.2, 0.25) is 10.0 Å². The summed E-state index contributed by atoms with van der Waals surface area (Å²) < 4.78 is 5.61. The number of halogens is 2. The Morgan fingerprint density at radius 3 is 2.40 bits per heavy atom. The quantitative estimate of drug-likeness (QED) is 0.587. The standard InChI is InChI=1S/C14H9Cl2NO3/c15-11-7-12(16)9-14(8-11)20-13-3-1-2-10(6-13)4-5-17(18)19/h1-9H. The highest BCUT2D eigenvalue weighted by Gasteiger charge is 2.02. The first-order valence-electron chi connectivity index (χ1n) is 5.58. The molecule has 0 unspecified atom stereocenters. The van der Waals surface area contributed by atoms with Crippen molar-refractivity contribution in [2.45, 2.75) is 0 Å². The van der Waals surface area contributed by atoms with Gasteiger partial charge >= 0.3 is 0 Å². The van der Waals surface area contributed by atoms with Crippen LogP contribution in [0.5, 0.6) is 11.5 Å². The highest BCUT2D eigenvalue weighted by atomic mass is 35.5. The van der Waals surface area contributed by atoms with E-state index in [2.05, 4.69) is 0 Å². The number of hydrogen-bond donors (Lipinski definition) is 0. The summed E-state index contributed by atoms with van der Waals surface area (Å²) in [4.78, 5) is 9.76. The van der Waals surface area contributed by atoms with Crippen molar-refractivity contribution < 1.29 is 9.66 Å². The molecule has 0 aliphatic carbocycles. The maximum atomic E-state index is 10.3. The van der Waals surface area contributed by atoms with E-state index in [4.69, 9.17) is 27.9 Å². The maximum Gasteiger partial charge on any atom is 0.235 e. The third kappa shape index (κ3) is 4.26. The van der Waals surface area contributed by atoms with E-state index in [1.165, 1.54) is 6.08 Å². The lowest BCUT2D eigenvalue weighted by atomic mass is 10.2. The molecule has 2 rings (SSSR count). The van der Waals surface area contributed by atoms with E-state index in [0.29, 0.717) is 27.1 Å². The van der Waals surface area contributed by atoms with Gasteiger partial charge in [0, 0.05) is 16.1 Å². The Bertz CT molecular complexity index is 651. The highest BCUT2D eigenvalue weighted by molar-refractivity contribution is 6.34. The second kappa shape index (κ2) is 6.41. The number of rotatable bonds is 4. The predicted molar refractivity (Wildman–Crippen MR) is 79.0 cm³/mol. The average Bonchev–Trinajstić information content (AvgIpc) is 2.35. The van der Waals surface area contributed by atoms with Crippen LogP contribution < -0.4 is 4.74 Å². The molecule has 4 nitrogen and oxygen atoms in total. The normalized spacial score (nSPS) is 10.7. The fraction of sp³-hybridized carbons (Fsp3) is 0. The molecule has 0 N–H and O–H groups in total. The van der Waals surface area contributed by atoms with Crippen molar-refractivity contribution in [2.24, 2.45) is 0 Å². The van der Waals surface area contributed by atoms with Gasteiger partial charge in [-0.05, 0) is 35.9 Å². The Morgan fingerprint density at radius 2 is 1.75 bits per heavy atom. The van der Waals surface area contributed by atoms with Gasteiger partial charge < -0.3 is 4.74 Å². The molecule has 2 aromatic rings. The zero-order chi connectivity index (χ0) is 14.5. The van der Waals surface area contributed by atoms with Gasteiger partial charge in [0.15, 0.2) is 0 Å². The number of hydrogen-bond acceptors (Lipinski definition) is 3. The Labute approximate surface area is 125 Å². The van der Waals surface area contributed by atoms with Gasteiger partial charge in [-0.15, -0.1) is 0 Å². The molecule has 0 spiro atoms. The van der Waals surface area contributed by atoms with Crippen LogP contribution in [0.3, 0.4) is 0 Å². The Morgan fingerprint density at radius 1 is 1.05 bits per heavy atom. The Kier molecular flexibility index (Phi) is 4.61. The molecule has 0 bridgehead atoms. The Hall–Kier alpha value is -2.04. The van der Waals surface area contributed by atoms with E-state index in [1.54, 1.807) is 42.5 Å². The number of nitrogens with zero attached hydrogens (tertiary/aromatic N) is 1. The van der Waals surface area contributed by atoms with Crippen LogP contribution >= 0.6 is 23.2 Å². The summed E-state index contributed by atoms with van der Waals surface area (Å²) in [5.41, 5.74) is 0.660. The van der Waals surface area contributed by atoms with Crippen LogP contribution in [0.15, 0.2) is 48.7 Å². The van der Waals surface area contributed by atoms with Gasteiger partial charge in [-0.2, -0.15) is 0 Å². The van der Waals surface area contributed by atoms with E-state index in [0.717, 1.165) is 6.20 Å². The van der Waals surface area contributed by atoms with E-state index in [9.17, 15) is 10.1 Å². The molecular formula is C14H9Cl2NO3. The molecule has 102 valence electrons. The third-order valence-electron chi connectivity index (χ3n) is 2.32. The van der Waals surface area contributed by atoms with Crippen LogP contribution in [0.1, 0.15) is 5.56 Å². The maximum absolute atomic E-state index is 10.3. The van der Waals surface area contributed by atoms with E-state index < -0.39 is 4.92 Å². The zero-order valence-electron chi connectivity index (χ0n) is 10.1. The molecule has 0 aromatic heterocycles. The minimum Gasteiger partial charge on any atom is -0.457 e. The van der Waals surface area contributed by atoms with Crippen LogP contribution in [-0.4, -0.2) is 4.92 Å². The van der Waals surface area contributed by atoms with Gasteiger partial charge in [0.2, 0.25) is 6.20 Å². The summed E-state index contributed by atoms with van der Waals surface area (Å²) in [6.07, 6.45) is 2.26. The van der Waals surface area contributed by atoms with Crippen LogP contribution in [0.25, 0.3) is 6.08 Å². The summed E-state index contributed by atoms with van der Waals surface area (Å²) in [5.74, 6) is 1.03. The first-order valence-corrected chi connectivity index (χ1v) is 6.34. The molecule has 2 aromatic carbocycles. The third-order valence-corrected chi connectivity index (χ3v) is 2.76. The fourth-order valence-corrected chi connectivity index (χ4v) is 2.06. The molecule has 20 heavy (non-hydrogen) atoms. The monoisotopic (exact) mass is 309 g/mol. The molecule has 6 heteroatoms. The van der Waals surface area contributed by atoms with Crippen LogP contribution in [0.4, 0.5) is 0 Å². The molecule has 0 fully saturated rings. The van der Waals surface area contributed by atoms with Gasteiger partial charge in [0.25, 0.3) is 0 Å². The lowest BCUT2D eigenvalue weighted by molar-refractivity contribution is -0.400. The highest BCUT2D eigenvalue weighted by Crippen LogP contribution is 2.28. The smallest absolute Gasteiger partial charge is 0.235 e. The number of ether oxygens (including phenoxy) is 1. The first-order chi connectivity index (χ1) is 9.52. The van der Waals surface area contributed by atoms with E-state index in [-0.39, 0.29) is 0 Å². The summed E-state index contributed by atoms with van der Waals surface area (Å²) >= 11 is 11.8. The summed E-state index contributed by atoms with van der Waals surface area (Å²) in [5, 5.41) is 11.2. The second-order valence-corrected chi connectivity index (χ2v) is 4.75. The molecule has 0 saturated carbocycles. The second-order valence-electron chi connectivity index (χ2n) is 3.88. The van der Waals surface area contributed by atoms with Crippen molar-refractivity contribution in [3.63, 3.8) is 0 Å². The molecule has 0 saturated heterocycles. The van der Waals surface area contributed by atoms with E-state index >= 15 is 0 Å². The van der Waals surface area contributed by atoms with Gasteiger partial charge in [-0.25, -0.2) is 0 Å². The van der Waals surface area contributed by atoms with Gasteiger partial charge in [-0.1, -0.05) is 35.3 Å². The molecule has 0 aliphatic heterocycles. The molecule has 0 radical (unpaired) electrons. The first kappa shape index (κ1) is 14.4. The molecular weight excluding hydrogens is 301 g/mol. The van der Waals surface area contributed by atoms with Crippen molar-refractivity contribution in [3.8, 4) is 11.5 Å². The number of nitro groups is 1. The molecule has 0 amide bonds. The topological polar surface area (TPSA) is 52.4 Å². The molecule has 0 heterocycles. The van der Waals surface area contributed by atoms with Gasteiger partial charge in [0.05, 0.1) is 4.92 Å². The lowest BCUT2D eigenvalue weighted by Gasteiger charge is -2.07. The van der Waals surface area contributed by atoms with Crippen molar-refractivity contribution in [1.82, 2.24) is 0 Å². The fourth-order valence-electron chi connectivity index (χ4n) is 1.55. The largest absolute Gasteiger partial charge is 0.457 e. The Balaban J connectivity index is 2.21. The summed E-state index contributed by atoms with van der Waals surface area (Å²) in [6, 6.07) is 11.7. The molecule has 0 aliphatic rings. The minimum atomic E-state index is -0.524. The predicted octanol–water partition coefficient (Wildman–Crippen LogP) is 5.03. The molecule has 0 atom stereocenters. The van der Waals surface area contributed by atoms with Gasteiger partial charge in [-0.3, -0.25) is 10.1 Å². The van der Waals surface area contributed by atoms with E-state index in [1.807, 2.05) is 0 Å². The average molecular weight is 310 g/mol. The lowest BCUT2D eigenvalue weighted by Crippen LogP contribution is -1.86. The van der Waals surface area contributed by atoms with Crippen molar-refractivity contribution >= 4 is 29.3 Å². The number of benzene rings is 2. The zero-order valence-corrected chi connectivity index (χ0v) is 11.6.